The van der Waals surface area contributed by atoms with E-state index in [1.54, 1.807) is 0 Å². The van der Waals surface area contributed by atoms with Crippen molar-refractivity contribution in [2.24, 2.45) is 5.92 Å². The molecule has 2 N–H and O–H groups in total. The zero-order valence-corrected chi connectivity index (χ0v) is 16.3. The molecule has 1 fully saturated rings. The van der Waals surface area contributed by atoms with Crippen molar-refractivity contribution in [1.29, 1.82) is 0 Å². The molecule has 1 aliphatic heterocycles. The van der Waals surface area contributed by atoms with Crippen LogP contribution in [0.5, 0.6) is 0 Å². The van der Waals surface area contributed by atoms with Crippen LogP contribution < -0.4 is 10.6 Å². The van der Waals surface area contributed by atoms with Crippen molar-refractivity contribution in [2.45, 2.75) is 27.2 Å². The number of benzene rings is 1. The number of hydrogen-bond acceptors (Lipinski definition) is 4. The van der Waals surface area contributed by atoms with Crippen molar-refractivity contribution in [3.05, 3.63) is 29.8 Å². The highest BCUT2D eigenvalue weighted by Crippen LogP contribution is 2.15. The summed E-state index contributed by atoms with van der Waals surface area (Å²) in [6, 6.07) is 7.92. The van der Waals surface area contributed by atoms with E-state index in [9.17, 15) is 9.59 Å². The second-order valence-corrected chi connectivity index (χ2v) is 7.31. The fraction of sp³-hybridized carbons (Fsp3) is 0.600. The molecule has 2 amide bonds. The molecule has 6 heteroatoms. The molecule has 0 spiro atoms. The van der Waals surface area contributed by atoms with Crippen LogP contribution in [0, 0.1) is 5.92 Å². The van der Waals surface area contributed by atoms with E-state index in [1.165, 1.54) is 0 Å². The lowest BCUT2D eigenvalue weighted by Gasteiger charge is -2.33. The Balaban J connectivity index is 1.71. The first kappa shape index (κ1) is 20.4. The van der Waals surface area contributed by atoms with Crippen molar-refractivity contribution < 1.29 is 9.59 Å². The largest absolute Gasteiger partial charge is 0.355 e. The third-order valence-electron chi connectivity index (χ3n) is 4.58. The van der Waals surface area contributed by atoms with Gasteiger partial charge < -0.3 is 10.6 Å². The van der Waals surface area contributed by atoms with Gasteiger partial charge in [-0.2, -0.15) is 0 Å². The van der Waals surface area contributed by atoms with E-state index in [0.29, 0.717) is 19.0 Å². The molecule has 0 aromatic heterocycles. The number of carbonyl (C=O) groups excluding carboxylic acids is 2. The predicted molar refractivity (Wildman–Crippen MR) is 105 cm³/mol. The number of nitrogens with zero attached hydrogens (tertiary/aromatic N) is 2. The third kappa shape index (κ3) is 6.77. The van der Waals surface area contributed by atoms with Gasteiger partial charge >= 0.3 is 0 Å². The summed E-state index contributed by atoms with van der Waals surface area (Å²) in [7, 11) is 0. The Labute approximate surface area is 156 Å². The zero-order chi connectivity index (χ0) is 18.9. The summed E-state index contributed by atoms with van der Waals surface area (Å²) in [6.45, 7) is 11.1. The van der Waals surface area contributed by atoms with Gasteiger partial charge in [-0.05, 0) is 24.0 Å². The molecule has 2 rings (SSSR count). The molecule has 1 heterocycles. The molecule has 1 aromatic rings. The van der Waals surface area contributed by atoms with Crippen molar-refractivity contribution in [3.63, 3.8) is 0 Å². The molecule has 0 bridgehead atoms. The van der Waals surface area contributed by atoms with Gasteiger partial charge in [0.2, 0.25) is 11.8 Å². The van der Waals surface area contributed by atoms with Crippen LogP contribution >= 0.6 is 0 Å². The summed E-state index contributed by atoms with van der Waals surface area (Å²) in [6.07, 6.45) is 0.897. The van der Waals surface area contributed by atoms with Crippen molar-refractivity contribution in [3.8, 4) is 0 Å². The maximum Gasteiger partial charge on any atom is 0.238 e. The van der Waals surface area contributed by atoms with Gasteiger partial charge in [-0.1, -0.05) is 39.0 Å². The molecule has 0 radical (unpaired) electrons. The van der Waals surface area contributed by atoms with Crippen molar-refractivity contribution in [1.82, 2.24) is 15.1 Å². The van der Waals surface area contributed by atoms with Gasteiger partial charge in [0.1, 0.15) is 0 Å². The van der Waals surface area contributed by atoms with E-state index in [2.05, 4.69) is 41.2 Å². The Morgan fingerprint density at radius 3 is 2.15 bits per heavy atom. The van der Waals surface area contributed by atoms with Gasteiger partial charge in [0.25, 0.3) is 0 Å². The molecule has 1 aliphatic rings. The lowest BCUT2D eigenvalue weighted by atomic mass is 10.1. The first-order chi connectivity index (χ1) is 12.5. The smallest absolute Gasteiger partial charge is 0.238 e. The Morgan fingerprint density at radius 2 is 1.58 bits per heavy atom. The standard InChI is InChI=1S/C20H32N4O2/c1-4-17-7-5-6-8-18(17)22-20(26)15-24-11-9-23(10-12-24)14-19(25)21-13-16(2)3/h5-8,16H,4,9-15H2,1-3H3,(H,21,25)(H,22,26). The van der Waals surface area contributed by atoms with Crippen LogP contribution in [0.1, 0.15) is 26.3 Å². The Kier molecular flexibility index (Phi) is 8.06. The predicted octanol–water partition coefficient (Wildman–Crippen LogP) is 1.58. The molecule has 0 unspecified atom stereocenters. The van der Waals surface area contributed by atoms with Gasteiger partial charge in [0.15, 0.2) is 0 Å². The quantitative estimate of drug-likeness (QED) is 0.739. The molecular weight excluding hydrogens is 328 g/mol. The molecule has 26 heavy (non-hydrogen) atoms. The van der Waals surface area contributed by atoms with Crippen molar-refractivity contribution in [2.75, 3.05) is 51.1 Å². The van der Waals surface area contributed by atoms with Crippen LogP contribution in [-0.2, 0) is 16.0 Å². The van der Waals surface area contributed by atoms with E-state index < -0.39 is 0 Å². The van der Waals surface area contributed by atoms with Gasteiger partial charge in [-0.25, -0.2) is 0 Å². The number of hydrogen-bond donors (Lipinski definition) is 2. The molecule has 1 aromatic carbocycles. The third-order valence-corrected chi connectivity index (χ3v) is 4.58. The summed E-state index contributed by atoms with van der Waals surface area (Å²) >= 11 is 0. The lowest BCUT2D eigenvalue weighted by molar-refractivity contribution is -0.123. The second kappa shape index (κ2) is 10.3. The summed E-state index contributed by atoms with van der Waals surface area (Å²) in [5.74, 6) is 0.572. The minimum Gasteiger partial charge on any atom is -0.355 e. The van der Waals surface area contributed by atoms with Crippen LogP contribution in [0.4, 0.5) is 5.69 Å². The van der Waals surface area contributed by atoms with Crippen LogP contribution in [0.25, 0.3) is 0 Å². The van der Waals surface area contributed by atoms with Gasteiger partial charge in [-0.3, -0.25) is 19.4 Å². The second-order valence-electron chi connectivity index (χ2n) is 7.31. The number of rotatable bonds is 8. The fourth-order valence-electron chi connectivity index (χ4n) is 3.03. The maximum atomic E-state index is 12.3. The monoisotopic (exact) mass is 360 g/mol. The SMILES string of the molecule is CCc1ccccc1NC(=O)CN1CCN(CC(=O)NCC(C)C)CC1. The highest BCUT2D eigenvalue weighted by molar-refractivity contribution is 5.93. The molecule has 6 nitrogen and oxygen atoms in total. The number of carbonyl (C=O) groups is 2. The number of piperazine rings is 1. The lowest BCUT2D eigenvalue weighted by Crippen LogP contribution is -2.51. The van der Waals surface area contributed by atoms with Crippen LogP contribution in [0.3, 0.4) is 0 Å². The zero-order valence-electron chi connectivity index (χ0n) is 16.3. The van der Waals surface area contributed by atoms with Crippen LogP contribution in [0.2, 0.25) is 0 Å². The minimum atomic E-state index is 0.0222. The van der Waals surface area contributed by atoms with Gasteiger partial charge in [0.05, 0.1) is 13.1 Å². The molecule has 1 saturated heterocycles. The van der Waals surface area contributed by atoms with E-state index >= 15 is 0 Å². The Morgan fingerprint density at radius 1 is 1.00 bits per heavy atom. The van der Waals surface area contributed by atoms with Gasteiger partial charge in [0, 0.05) is 38.4 Å². The average molecular weight is 361 g/mol. The summed E-state index contributed by atoms with van der Waals surface area (Å²) in [4.78, 5) is 28.5. The van der Waals surface area contributed by atoms with E-state index in [0.717, 1.165) is 50.4 Å². The summed E-state index contributed by atoms with van der Waals surface area (Å²) in [5.41, 5.74) is 2.05. The summed E-state index contributed by atoms with van der Waals surface area (Å²) in [5, 5.41) is 5.97. The van der Waals surface area contributed by atoms with E-state index in [4.69, 9.17) is 0 Å². The number of nitrogens with one attached hydrogen (secondary N) is 2. The highest BCUT2D eigenvalue weighted by Gasteiger charge is 2.20. The summed E-state index contributed by atoms with van der Waals surface area (Å²) < 4.78 is 0. The molecule has 0 atom stereocenters. The van der Waals surface area contributed by atoms with E-state index in [-0.39, 0.29) is 11.8 Å². The number of aryl methyl sites for hydroxylation is 1. The van der Waals surface area contributed by atoms with Crippen LogP contribution in [0.15, 0.2) is 24.3 Å². The minimum absolute atomic E-state index is 0.0222. The van der Waals surface area contributed by atoms with E-state index in [1.807, 2.05) is 24.3 Å². The van der Waals surface area contributed by atoms with Crippen LogP contribution in [-0.4, -0.2) is 67.4 Å². The van der Waals surface area contributed by atoms with Crippen molar-refractivity contribution >= 4 is 17.5 Å². The maximum absolute atomic E-state index is 12.3. The first-order valence-corrected chi connectivity index (χ1v) is 9.57. The topological polar surface area (TPSA) is 64.7 Å². The molecule has 144 valence electrons. The fourth-order valence-corrected chi connectivity index (χ4v) is 3.03. The highest BCUT2D eigenvalue weighted by atomic mass is 16.2. The normalized spacial score (nSPS) is 15.8. The Bertz CT molecular complexity index is 595. The van der Waals surface area contributed by atoms with Gasteiger partial charge in [-0.15, -0.1) is 0 Å². The molecule has 0 aliphatic carbocycles. The number of anilines is 1. The number of amides is 2. The molecular formula is C20H32N4O2. The Hall–Kier alpha value is -1.92. The number of para-hydroxylation sites is 1. The molecule has 0 saturated carbocycles. The average Bonchev–Trinajstić information content (AvgIpc) is 2.62. The first-order valence-electron chi connectivity index (χ1n) is 9.57.